The van der Waals surface area contributed by atoms with Crippen LogP contribution in [0.1, 0.15) is 11.1 Å². The molecule has 5 nitrogen and oxygen atoms in total. The van der Waals surface area contributed by atoms with Crippen molar-refractivity contribution in [2.45, 2.75) is 12.6 Å². The number of carbonyl (C=O) groups is 1. The quantitative estimate of drug-likeness (QED) is 0.438. The van der Waals surface area contributed by atoms with E-state index in [1.165, 1.54) is 24.3 Å². The number of nitro groups is 1. The van der Waals surface area contributed by atoms with E-state index in [-0.39, 0.29) is 17.7 Å². The number of amides is 1. The van der Waals surface area contributed by atoms with Gasteiger partial charge in [-0.25, -0.2) is 0 Å². The van der Waals surface area contributed by atoms with Crippen molar-refractivity contribution in [3.8, 4) is 11.1 Å². The normalized spacial score (nSPS) is 12.5. The Hall–Kier alpha value is -2.97. The molecule has 0 atom stereocenters. The van der Waals surface area contributed by atoms with Gasteiger partial charge in [0, 0.05) is 23.7 Å². The highest BCUT2D eigenvalue weighted by atomic mass is 19.4. The standard InChI is InChI=1S/C15H8F4N2O3/c16-13-11-6-7-5-8(20-14(22)15(17,18)19)1-2-9(7)10(11)3-4-12(13)21(23)24/h1-5H,6H2,(H,20,22). The number of hydrogen-bond acceptors (Lipinski definition) is 3. The fourth-order valence-corrected chi connectivity index (χ4v) is 2.65. The van der Waals surface area contributed by atoms with Gasteiger partial charge in [0.15, 0.2) is 0 Å². The molecular formula is C15H8F4N2O3. The van der Waals surface area contributed by atoms with E-state index in [1.54, 1.807) is 5.32 Å². The molecule has 0 radical (unpaired) electrons. The number of nitro benzene ring substituents is 1. The SMILES string of the molecule is O=C(Nc1ccc2c(c1)Cc1c-2ccc([N+](=O)[O-])c1F)C(F)(F)F. The maximum atomic E-state index is 14.2. The van der Waals surface area contributed by atoms with E-state index < -0.39 is 28.5 Å². The second kappa shape index (κ2) is 5.29. The van der Waals surface area contributed by atoms with E-state index in [2.05, 4.69) is 0 Å². The molecule has 3 rings (SSSR count). The molecule has 0 saturated carbocycles. The van der Waals surface area contributed by atoms with Crippen LogP contribution >= 0.6 is 0 Å². The third-order valence-electron chi connectivity index (χ3n) is 3.70. The molecule has 0 fully saturated rings. The minimum Gasteiger partial charge on any atom is -0.318 e. The summed E-state index contributed by atoms with van der Waals surface area (Å²) < 4.78 is 51.0. The Morgan fingerprint density at radius 2 is 1.83 bits per heavy atom. The maximum absolute atomic E-state index is 14.2. The monoisotopic (exact) mass is 340 g/mol. The minimum absolute atomic E-state index is 0.00604. The molecule has 0 unspecified atom stereocenters. The zero-order chi connectivity index (χ0) is 17.6. The summed E-state index contributed by atoms with van der Waals surface area (Å²) in [6.45, 7) is 0. The Bertz CT molecular complexity index is 878. The lowest BCUT2D eigenvalue weighted by atomic mass is 10.0. The molecule has 2 aromatic carbocycles. The summed E-state index contributed by atoms with van der Waals surface area (Å²) in [6, 6.07) is 6.44. The van der Waals surface area contributed by atoms with Gasteiger partial charge < -0.3 is 5.32 Å². The number of nitrogens with zero attached hydrogens (tertiary/aromatic N) is 1. The molecule has 0 aromatic heterocycles. The number of halogens is 4. The third kappa shape index (κ3) is 2.57. The van der Waals surface area contributed by atoms with Crippen LogP contribution in [0.15, 0.2) is 30.3 Å². The van der Waals surface area contributed by atoms with Gasteiger partial charge in [-0.3, -0.25) is 14.9 Å². The molecule has 0 saturated heterocycles. The number of alkyl halides is 3. The number of nitrogens with one attached hydrogen (secondary N) is 1. The fraction of sp³-hybridized carbons (Fsp3) is 0.133. The molecule has 1 N–H and O–H groups in total. The zero-order valence-electron chi connectivity index (χ0n) is 11.8. The summed E-state index contributed by atoms with van der Waals surface area (Å²) in [6.07, 6.45) is -5.03. The first-order valence-corrected chi connectivity index (χ1v) is 6.65. The van der Waals surface area contributed by atoms with Crippen molar-refractivity contribution in [1.82, 2.24) is 0 Å². The summed E-state index contributed by atoms with van der Waals surface area (Å²) in [5.74, 6) is -3.07. The van der Waals surface area contributed by atoms with Crippen LogP contribution in [0.3, 0.4) is 0 Å². The van der Waals surface area contributed by atoms with Crippen molar-refractivity contribution in [3.05, 3.63) is 57.4 Å². The molecule has 0 bridgehead atoms. The number of carbonyl (C=O) groups excluding carboxylic acids is 1. The van der Waals surface area contributed by atoms with Gasteiger partial charge in [0.2, 0.25) is 5.82 Å². The smallest absolute Gasteiger partial charge is 0.318 e. The third-order valence-corrected chi connectivity index (χ3v) is 3.70. The van der Waals surface area contributed by atoms with Gasteiger partial charge in [0.1, 0.15) is 0 Å². The second-order valence-electron chi connectivity index (χ2n) is 5.18. The first-order valence-electron chi connectivity index (χ1n) is 6.65. The van der Waals surface area contributed by atoms with E-state index >= 15 is 0 Å². The maximum Gasteiger partial charge on any atom is 0.471 e. The van der Waals surface area contributed by atoms with E-state index in [4.69, 9.17) is 0 Å². The Labute approximate surface area is 132 Å². The molecule has 9 heteroatoms. The number of benzene rings is 2. The van der Waals surface area contributed by atoms with Crippen molar-refractivity contribution in [2.24, 2.45) is 0 Å². The van der Waals surface area contributed by atoms with Gasteiger partial charge in [0.05, 0.1) is 4.92 Å². The Balaban J connectivity index is 1.96. The zero-order valence-corrected chi connectivity index (χ0v) is 11.8. The molecule has 1 aliphatic rings. The van der Waals surface area contributed by atoms with E-state index in [1.807, 2.05) is 0 Å². The van der Waals surface area contributed by atoms with Crippen LogP contribution in [0.2, 0.25) is 0 Å². The first-order chi connectivity index (χ1) is 11.2. The predicted octanol–water partition coefficient (Wildman–Crippen LogP) is 3.81. The van der Waals surface area contributed by atoms with E-state index in [0.717, 1.165) is 6.07 Å². The topological polar surface area (TPSA) is 72.2 Å². The molecule has 124 valence electrons. The average Bonchev–Trinajstić information content (AvgIpc) is 2.85. The van der Waals surface area contributed by atoms with Gasteiger partial charge in [-0.05, 0) is 34.9 Å². The van der Waals surface area contributed by atoms with Gasteiger partial charge >= 0.3 is 17.8 Å². The van der Waals surface area contributed by atoms with Crippen molar-refractivity contribution < 1.29 is 27.3 Å². The van der Waals surface area contributed by atoms with Gasteiger partial charge in [-0.1, -0.05) is 6.07 Å². The van der Waals surface area contributed by atoms with Crippen molar-refractivity contribution >= 4 is 17.3 Å². The molecule has 0 aliphatic heterocycles. The lowest BCUT2D eigenvalue weighted by molar-refractivity contribution is -0.387. The van der Waals surface area contributed by atoms with Crippen LogP contribution in [-0.4, -0.2) is 17.0 Å². The summed E-state index contributed by atoms with van der Waals surface area (Å²) >= 11 is 0. The number of anilines is 1. The lowest BCUT2D eigenvalue weighted by Gasteiger charge is -2.09. The fourth-order valence-electron chi connectivity index (χ4n) is 2.65. The average molecular weight is 340 g/mol. The lowest BCUT2D eigenvalue weighted by Crippen LogP contribution is -2.29. The largest absolute Gasteiger partial charge is 0.471 e. The summed E-state index contributed by atoms with van der Waals surface area (Å²) in [7, 11) is 0. The van der Waals surface area contributed by atoms with Crippen LogP contribution < -0.4 is 5.32 Å². The highest BCUT2D eigenvalue weighted by Crippen LogP contribution is 2.41. The van der Waals surface area contributed by atoms with Gasteiger partial charge in [-0.2, -0.15) is 17.6 Å². The summed E-state index contributed by atoms with van der Waals surface area (Å²) in [5, 5.41) is 12.5. The molecule has 1 aliphatic carbocycles. The molecule has 1 amide bonds. The molecule has 24 heavy (non-hydrogen) atoms. The van der Waals surface area contributed by atoms with Crippen molar-refractivity contribution in [1.29, 1.82) is 0 Å². The van der Waals surface area contributed by atoms with Gasteiger partial charge in [-0.15, -0.1) is 0 Å². The summed E-state index contributed by atoms with van der Waals surface area (Å²) in [5.41, 5.74) is 0.847. The first kappa shape index (κ1) is 15.9. The second-order valence-corrected chi connectivity index (χ2v) is 5.18. The van der Waals surface area contributed by atoms with Crippen LogP contribution in [0.4, 0.5) is 28.9 Å². The predicted molar refractivity (Wildman–Crippen MR) is 76.0 cm³/mol. The van der Waals surface area contributed by atoms with Crippen molar-refractivity contribution in [3.63, 3.8) is 0 Å². The Morgan fingerprint density at radius 1 is 1.17 bits per heavy atom. The van der Waals surface area contributed by atoms with E-state index in [9.17, 15) is 32.5 Å². The van der Waals surface area contributed by atoms with Gasteiger partial charge in [0.25, 0.3) is 0 Å². The van der Waals surface area contributed by atoms with Crippen LogP contribution in [-0.2, 0) is 11.2 Å². The highest BCUT2D eigenvalue weighted by Gasteiger charge is 2.38. The van der Waals surface area contributed by atoms with Crippen LogP contribution in [0.25, 0.3) is 11.1 Å². The number of rotatable bonds is 2. The van der Waals surface area contributed by atoms with Crippen LogP contribution in [0.5, 0.6) is 0 Å². The molecular weight excluding hydrogens is 332 g/mol. The van der Waals surface area contributed by atoms with Crippen LogP contribution in [0, 0.1) is 15.9 Å². The number of hydrogen-bond donors (Lipinski definition) is 1. The molecule has 0 heterocycles. The Kier molecular flexibility index (Phi) is 3.51. The molecule has 2 aromatic rings. The minimum atomic E-state index is -5.02. The number of fused-ring (bicyclic) bond motifs is 3. The van der Waals surface area contributed by atoms with Crippen molar-refractivity contribution in [2.75, 3.05) is 5.32 Å². The Morgan fingerprint density at radius 3 is 2.46 bits per heavy atom. The highest BCUT2D eigenvalue weighted by molar-refractivity contribution is 5.95. The summed E-state index contributed by atoms with van der Waals surface area (Å²) in [4.78, 5) is 20.9. The molecule has 0 spiro atoms. The van der Waals surface area contributed by atoms with E-state index in [0.29, 0.717) is 16.7 Å².